The molecule has 0 unspecified atom stereocenters. The van der Waals surface area contributed by atoms with Crippen LogP contribution in [0.5, 0.6) is 0 Å². The maximum atomic E-state index is 12.9. The molecule has 1 aromatic heterocycles. The first-order valence-corrected chi connectivity index (χ1v) is 6.93. The number of nitrogens with one attached hydrogen (secondary N) is 2. The molecule has 2 aromatic rings. The van der Waals surface area contributed by atoms with E-state index in [1.165, 1.54) is 18.5 Å². The molecule has 0 aliphatic rings. The predicted octanol–water partition coefficient (Wildman–Crippen LogP) is 3.40. The molecule has 0 radical (unpaired) electrons. The summed E-state index contributed by atoms with van der Waals surface area (Å²) < 4.78 is 12.9. The molecule has 0 fully saturated rings. The van der Waals surface area contributed by atoms with Gasteiger partial charge in [-0.15, -0.1) is 0 Å². The van der Waals surface area contributed by atoms with E-state index in [0.717, 1.165) is 18.7 Å². The van der Waals surface area contributed by atoms with E-state index >= 15 is 0 Å². The lowest BCUT2D eigenvalue weighted by atomic mass is 10.1. The van der Waals surface area contributed by atoms with E-state index in [1.807, 2.05) is 0 Å². The number of benzene rings is 1. The van der Waals surface area contributed by atoms with Gasteiger partial charge in [0.1, 0.15) is 17.8 Å². The molecule has 0 aliphatic heterocycles. The fourth-order valence-corrected chi connectivity index (χ4v) is 1.79. The Morgan fingerprint density at radius 3 is 2.48 bits per heavy atom. The van der Waals surface area contributed by atoms with Gasteiger partial charge in [-0.25, -0.2) is 14.4 Å². The molecule has 0 amide bonds. The molecule has 1 heterocycles. The van der Waals surface area contributed by atoms with Crippen LogP contribution in [0.15, 0.2) is 30.6 Å². The highest BCUT2D eigenvalue weighted by atomic mass is 19.1. The Balaban J connectivity index is 2.08. The number of anilines is 4. The maximum absolute atomic E-state index is 12.9. The number of nitrogen functional groups attached to an aromatic ring is 1. The standard InChI is InChI=1S/C15H20FN5/c1-10(2)7-8-18-14-13(17)15(20-9-19-14)21-12-5-3-11(16)4-6-12/h3-6,9-10H,7-8,17H2,1-2H3,(H2,18,19,20,21). The third-order valence-electron chi connectivity index (χ3n) is 3.01. The lowest BCUT2D eigenvalue weighted by Crippen LogP contribution is -2.10. The highest BCUT2D eigenvalue weighted by Gasteiger charge is 2.08. The van der Waals surface area contributed by atoms with Crippen LogP contribution >= 0.6 is 0 Å². The maximum Gasteiger partial charge on any atom is 0.159 e. The molecule has 5 nitrogen and oxygen atoms in total. The van der Waals surface area contributed by atoms with Crippen LogP contribution in [0, 0.1) is 11.7 Å². The number of rotatable bonds is 6. The quantitative estimate of drug-likeness (QED) is 0.760. The second-order valence-corrected chi connectivity index (χ2v) is 5.23. The first-order chi connectivity index (χ1) is 10.1. The molecule has 0 saturated heterocycles. The first-order valence-electron chi connectivity index (χ1n) is 6.93. The fraction of sp³-hybridized carbons (Fsp3) is 0.333. The molecule has 0 atom stereocenters. The monoisotopic (exact) mass is 289 g/mol. The van der Waals surface area contributed by atoms with Crippen molar-refractivity contribution >= 4 is 23.0 Å². The molecule has 0 bridgehead atoms. The van der Waals surface area contributed by atoms with E-state index in [2.05, 4.69) is 34.4 Å². The van der Waals surface area contributed by atoms with Crippen molar-refractivity contribution in [1.29, 1.82) is 0 Å². The van der Waals surface area contributed by atoms with Crippen LogP contribution in [0.1, 0.15) is 20.3 Å². The number of hydrogen-bond donors (Lipinski definition) is 3. The first kappa shape index (κ1) is 15.0. The highest BCUT2D eigenvalue weighted by molar-refractivity contribution is 5.77. The highest BCUT2D eigenvalue weighted by Crippen LogP contribution is 2.25. The van der Waals surface area contributed by atoms with Crippen LogP contribution in [-0.2, 0) is 0 Å². The summed E-state index contributed by atoms with van der Waals surface area (Å²) in [7, 11) is 0. The molecule has 2 rings (SSSR count). The summed E-state index contributed by atoms with van der Waals surface area (Å²) in [6, 6.07) is 6.01. The fourth-order valence-electron chi connectivity index (χ4n) is 1.79. The van der Waals surface area contributed by atoms with Crippen LogP contribution in [0.2, 0.25) is 0 Å². The van der Waals surface area contributed by atoms with Crippen molar-refractivity contribution in [2.75, 3.05) is 22.9 Å². The molecule has 1 aromatic carbocycles. The second kappa shape index (κ2) is 6.88. The molecule has 0 saturated carbocycles. The van der Waals surface area contributed by atoms with E-state index in [0.29, 0.717) is 23.2 Å². The second-order valence-electron chi connectivity index (χ2n) is 5.23. The van der Waals surface area contributed by atoms with Crippen molar-refractivity contribution in [3.8, 4) is 0 Å². The number of aromatic nitrogens is 2. The third-order valence-corrected chi connectivity index (χ3v) is 3.01. The largest absolute Gasteiger partial charge is 0.393 e. The van der Waals surface area contributed by atoms with Crippen molar-refractivity contribution < 1.29 is 4.39 Å². The van der Waals surface area contributed by atoms with E-state index < -0.39 is 0 Å². The van der Waals surface area contributed by atoms with E-state index in [4.69, 9.17) is 5.73 Å². The predicted molar refractivity (Wildman–Crippen MR) is 84.1 cm³/mol. The Morgan fingerprint density at radius 2 is 1.81 bits per heavy atom. The summed E-state index contributed by atoms with van der Waals surface area (Å²) in [6.07, 6.45) is 2.48. The Morgan fingerprint density at radius 1 is 1.14 bits per heavy atom. The third kappa shape index (κ3) is 4.30. The van der Waals surface area contributed by atoms with Gasteiger partial charge in [-0.1, -0.05) is 13.8 Å². The topological polar surface area (TPSA) is 75.9 Å². The summed E-state index contributed by atoms with van der Waals surface area (Å²) in [5.41, 5.74) is 7.22. The van der Waals surface area contributed by atoms with Crippen molar-refractivity contribution in [2.24, 2.45) is 5.92 Å². The van der Waals surface area contributed by atoms with Gasteiger partial charge in [-0.05, 0) is 36.6 Å². The lowest BCUT2D eigenvalue weighted by Gasteiger charge is -2.13. The smallest absolute Gasteiger partial charge is 0.159 e. The van der Waals surface area contributed by atoms with Gasteiger partial charge in [0, 0.05) is 12.2 Å². The number of halogens is 1. The van der Waals surface area contributed by atoms with Crippen LogP contribution < -0.4 is 16.4 Å². The minimum atomic E-state index is -0.285. The summed E-state index contributed by atoms with van der Waals surface area (Å²) in [4.78, 5) is 8.26. The molecular weight excluding hydrogens is 269 g/mol. The van der Waals surface area contributed by atoms with Gasteiger partial charge in [0.2, 0.25) is 0 Å². The average molecular weight is 289 g/mol. The van der Waals surface area contributed by atoms with Gasteiger partial charge in [-0.2, -0.15) is 0 Å². The minimum Gasteiger partial charge on any atom is -0.393 e. The molecule has 4 N–H and O–H groups in total. The summed E-state index contributed by atoms with van der Waals surface area (Å²) >= 11 is 0. The summed E-state index contributed by atoms with van der Waals surface area (Å²) in [6.45, 7) is 5.12. The zero-order valence-corrected chi connectivity index (χ0v) is 12.2. The van der Waals surface area contributed by atoms with Crippen molar-refractivity contribution in [1.82, 2.24) is 9.97 Å². The Bertz CT molecular complexity index is 583. The van der Waals surface area contributed by atoms with Crippen LogP contribution in [0.4, 0.5) is 27.4 Å². The summed E-state index contributed by atoms with van der Waals surface area (Å²) in [5.74, 6) is 1.43. The van der Waals surface area contributed by atoms with E-state index in [-0.39, 0.29) is 5.82 Å². The molecule has 0 spiro atoms. The average Bonchev–Trinajstić information content (AvgIpc) is 2.45. The van der Waals surface area contributed by atoms with E-state index in [9.17, 15) is 4.39 Å². The number of nitrogens with zero attached hydrogens (tertiary/aromatic N) is 2. The van der Waals surface area contributed by atoms with Gasteiger partial charge in [0.25, 0.3) is 0 Å². The molecule has 21 heavy (non-hydrogen) atoms. The summed E-state index contributed by atoms with van der Waals surface area (Å²) in [5, 5.41) is 6.26. The van der Waals surface area contributed by atoms with Gasteiger partial charge in [0.15, 0.2) is 11.6 Å². The number of hydrogen-bond acceptors (Lipinski definition) is 5. The Labute approximate surface area is 123 Å². The van der Waals surface area contributed by atoms with Gasteiger partial charge < -0.3 is 16.4 Å². The Hall–Kier alpha value is -2.37. The Kier molecular flexibility index (Phi) is 4.92. The van der Waals surface area contributed by atoms with Gasteiger partial charge in [0.05, 0.1) is 0 Å². The normalized spacial score (nSPS) is 10.7. The van der Waals surface area contributed by atoms with Crippen LogP contribution in [-0.4, -0.2) is 16.5 Å². The van der Waals surface area contributed by atoms with Crippen LogP contribution in [0.25, 0.3) is 0 Å². The zero-order chi connectivity index (χ0) is 15.2. The minimum absolute atomic E-state index is 0.285. The molecular formula is C15H20FN5. The van der Waals surface area contributed by atoms with Crippen LogP contribution in [0.3, 0.4) is 0 Å². The van der Waals surface area contributed by atoms with Crippen molar-refractivity contribution in [3.63, 3.8) is 0 Å². The SMILES string of the molecule is CC(C)CCNc1ncnc(Nc2ccc(F)cc2)c1N. The van der Waals surface area contributed by atoms with Crippen molar-refractivity contribution in [3.05, 3.63) is 36.4 Å². The molecule has 0 aliphatic carbocycles. The lowest BCUT2D eigenvalue weighted by molar-refractivity contribution is 0.606. The van der Waals surface area contributed by atoms with Gasteiger partial charge in [-0.3, -0.25) is 0 Å². The van der Waals surface area contributed by atoms with E-state index in [1.54, 1.807) is 12.1 Å². The molecule has 6 heteroatoms. The zero-order valence-electron chi connectivity index (χ0n) is 12.2. The van der Waals surface area contributed by atoms with Crippen molar-refractivity contribution in [2.45, 2.75) is 20.3 Å². The molecule has 112 valence electrons. The number of nitrogens with two attached hydrogens (primary N) is 1. The van der Waals surface area contributed by atoms with Gasteiger partial charge >= 0.3 is 0 Å².